The van der Waals surface area contributed by atoms with E-state index in [0.717, 1.165) is 0 Å². The van der Waals surface area contributed by atoms with Crippen molar-refractivity contribution in [2.75, 3.05) is 0 Å². The quantitative estimate of drug-likeness (QED) is 0.515. The highest BCUT2D eigenvalue weighted by Crippen LogP contribution is 2.16. The summed E-state index contributed by atoms with van der Waals surface area (Å²) in [7, 11) is 0. The van der Waals surface area contributed by atoms with E-state index in [1.54, 1.807) is 55.5 Å². The van der Waals surface area contributed by atoms with Crippen molar-refractivity contribution in [3.05, 3.63) is 75.3 Å². The van der Waals surface area contributed by atoms with Crippen LogP contribution in [0.2, 0.25) is 5.02 Å². The van der Waals surface area contributed by atoms with E-state index < -0.39 is 12.1 Å². The van der Waals surface area contributed by atoms with Crippen LogP contribution >= 0.6 is 11.6 Å². The zero-order valence-corrected chi connectivity index (χ0v) is 15.3. The number of carbonyl (C=O) groups is 2. The number of para-hydroxylation sites is 1. The molecule has 1 heterocycles. The maximum Gasteiger partial charge on any atom is 0.306 e. The second-order valence-corrected chi connectivity index (χ2v) is 6.47. The number of ether oxygens (including phenoxy) is 1. The fourth-order valence-corrected chi connectivity index (χ4v) is 2.73. The third-order valence-electron chi connectivity index (χ3n) is 4.05. The molecule has 0 saturated heterocycles. The van der Waals surface area contributed by atoms with Crippen LogP contribution < -0.4 is 5.56 Å². The lowest BCUT2D eigenvalue weighted by Crippen LogP contribution is -2.17. The number of carbonyl (C=O) groups excluding carboxylic acids is 2. The van der Waals surface area contributed by atoms with Gasteiger partial charge < -0.3 is 9.72 Å². The number of nitrogens with zero attached hydrogens (tertiary/aromatic N) is 1. The number of esters is 1. The molecule has 7 heteroatoms. The number of benzene rings is 2. The molecule has 0 radical (unpaired) electrons. The van der Waals surface area contributed by atoms with E-state index in [-0.39, 0.29) is 30.0 Å². The van der Waals surface area contributed by atoms with Gasteiger partial charge in [0.15, 0.2) is 17.7 Å². The van der Waals surface area contributed by atoms with Gasteiger partial charge in [-0.05, 0) is 43.3 Å². The van der Waals surface area contributed by atoms with Crippen molar-refractivity contribution in [3.8, 4) is 0 Å². The Morgan fingerprint density at radius 2 is 1.81 bits per heavy atom. The van der Waals surface area contributed by atoms with Gasteiger partial charge in [0.1, 0.15) is 0 Å². The van der Waals surface area contributed by atoms with Crippen LogP contribution in [0.1, 0.15) is 42.1 Å². The average molecular weight is 385 g/mol. The fourth-order valence-electron chi connectivity index (χ4n) is 2.60. The first kappa shape index (κ1) is 18.8. The largest absolute Gasteiger partial charge is 0.454 e. The molecule has 0 spiro atoms. The minimum absolute atomic E-state index is 0.0227. The molecule has 0 amide bonds. The summed E-state index contributed by atoms with van der Waals surface area (Å²) >= 11 is 5.79. The van der Waals surface area contributed by atoms with E-state index in [2.05, 4.69) is 9.97 Å². The zero-order chi connectivity index (χ0) is 19.4. The Morgan fingerprint density at radius 1 is 1.11 bits per heavy atom. The molecule has 138 valence electrons. The van der Waals surface area contributed by atoms with Gasteiger partial charge in [-0.1, -0.05) is 23.7 Å². The Balaban J connectivity index is 1.61. The smallest absolute Gasteiger partial charge is 0.306 e. The molecule has 1 N–H and O–H groups in total. The van der Waals surface area contributed by atoms with Gasteiger partial charge in [-0.3, -0.25) is 14.4 Å². The van der Waals surface area contributed by atoms with Gasteiger partial charge in [-0.15, -0.1) is 0 Å². The van der Waals surface area contributed by atoms with Gasteiger partial charge in [0, 0.05) is 17.0 Å². The highest BCUT2D eigenvalue weighted by atomic mass is 35.5. The first-order chi connectivity index (χ1) is 12.9. The molecule has 0 saturated carbocycles. The first-order valence-electron chi connectivity index (χ1n) is 8.41. The van der Waals surface area contributed by atoms with Crippen LogP contribution in [0.25, 0.3) is 10.9 Å². The first-order valence-corrected chi connectivity index (χ1v) is 8.79. The highest BCUT2D eigenvalue weighted by Gasteiger charge is 2.17. The number of nitrogens with one attached hydrogen (secondary N) is 1. The van der Waals surface area contributed by atoms with Crippen molar-refractivity contribution in [3.63, 3.8) is 0 Å². The van der Waals surface area contributed by atoms with Crippen LogP contribution in [0, 0.1) is 0 Å². The summed E-state index contributed by atoms with van der Waals surface area (Å²) in [6.07, 6.45) is -0.779. The molecule has 0 aliphatic carbocycles. The van der Waals surface area contributed by atoms with Crippen molar-refractivity contribution in [2.45, 2.75) is 25.9 Å². The molecule has 0 aliphatic heterocycles. The third-order valence-corrected chi connectivity index (χ3v) is 4.30. The second-order valence-electron chi connectivity index (χ2n) is 6.03. The Hall–Kier alpha value is -2.99. The summed E-state index contributed by atoms with van der Waals surface area (Å²) in [6, 6.07) is 13.4. The van der Waals surface area contributed by atoms with Crippen LogP contribution in [0.5, 0.6) is 0 Å². The number of hydrogen-bond donors (Lipinski definition) is 1. The highest BCUT2D eigenvalue weighted by molar-refractivity contribution is 6.30. The maximum absolute atomic E-state index is 12.1. The normalized spacial score (nSPS) is 11.9. The molecule has 2 aromatic carbocycles. The molecule has 0 fully saturated rings. The molecule has 1 aromatic heterocycles. The lowest BCUT2D eigenvalue weighted by molar-refractivity contribution is -0.148. The van der Waals surface area contributed by atoms with Gasteiger partial charge >= 0.3 is 5.97 Å². The molecule has 3 aromatic rings. The monoisotopic (exact) mass is 384 g/mol. The van der Waals surface area contributed by atoms with E-state index in [0.29, 0.717) is 21.5 Å². The summed E-state index contributed by atoms with van der Waals surface area (Å²) in [5, 5.41) is 1.00. The van der Waals surface area contributed by atoms with Gasteiger partial charge in [-0.25, -0.2) is 4.98 Å². The number of rotatable bonds is 6. The molecule has 1 atom stereocenters. The van der Waals surface area contributed by atoms with Gasteiger partial charge in [-0.2, -0.15) is 0 Å². The van der Waals surface area contributed by atoms with E-state index in [9.17, 15) is 14.4 Å². The maximum atomic E-state index is 12.1. The Morgan fingerprint density at radius 3 is 2.56 bits per heavy atom. The Kier molecular flexibility index (Phi) is 5.66. The zero-order valence-electron chi connectivity index (χ0n) is 14.6. The van der Waals surface area contributed by atoms with Crippen LogP contribution in [-0.2, 0) is 9.53 Å². The SMILES string of the molecule is C[C@@H](OC(=O)CCC(=O)c1ccc(Cl)cc1)c1nc2ccccc2c(=O)[nH]1. The van der Waals surface area contributed by atoms with Crippen LogP contribution in [-0.4, -0.2) is 21.7 Å². The molecular formula is C20H17ClN2O4. The summed E-state index contributed by atoms with van der Waals surface area (Å²) < 4.78 is 5.30. The van der Waals surface area contributed by atoms with Crippen molar-refractivity contribution < 1.29 is 14.3 Å². The summed E-state index contributed by atoms with van der Waals surface area (Å²) in [5.74, 6) is -0.454. The van der Waals surface area contributed by atoms with E-state index in [4.69, 9.17) is 16.3 Å². The van der Waals surface area contributed by atoms with E-state index in [1.807, 2.05) is 0 Å². The van der Waals surface area contributed by atoms with Gasteiger partial charge in [0.2, 0.25) is 0 Å². The molecular weight excluding hydrogens is 368 g/mol. The van der Waals surface area contributed by atoms with Crippen molar-refractivity contribution in [1.82, 2.24) is 9.97 Å². The summed E-state index contributed by atoms with van der Waals surface area (Å²) in [4.78, 5) is 43.2. The summed E-state index contributed by atoms with van der Waals surface area (Å²) in [6.45, 7) is 1.62. The molecule has 6 nitrogen and oxygen atoms in total. The molecule has 0 bridgehead atoms. The third kappa shape index (κ3) is 4.60. The number of halogens is 1. The number of H-pyrrole nitrogens is 1. The second kappa shape index (κ2) is 8.14. The molecule has 3 rings (SSSR count). The molecule has 0 unspecified atom stereocenters. The lowest BCUT2D eigenvalue weighted by atomic mass is 10.1. The topological polar surface area (TPSA) is 89.1 Å². The number of aromatic amines is 1. The summed E-state index contributed by atoms with van der Waals surface area (Å²) in [5.41, 5.74) is 0.717. The van der Waals surface area contributed by atoms with Crippen molar-refractivity contribution >= 4 is 34.3 Å². The standard InChI is InChI=1S/C20H17ClN2O4/c1-12(19-22-16-5-3-2-4-15(16)20(26)23-19)27-18(25)11-10-17(24)13-6-8-14(21)9-7-13/h2-9,12H,10-11H2,1H3,(H,22,23,26)/t12-/m1/s1. The predicted octanol–water partition coefficient (Wildman–Crippen LogP) is 3.84. The van der Waals surface area contributed by atoms with Crippen LogP contribution in [0.4, 0.5) is 0 Å². The van der Waals surface area contributed by atoms with Gasteiger partial charge in [0.05, 0.1) is 17.3 Å². The number of ketones is 1. The Bertz CT molecular complexity index is 1040. The van der Waals surface area contributed by atoms with Gasteiger partial charge in [0.25, 0.3) is 5.56 Å². The predicted molar refractivity (Wildman–Crippen MR) is 102 cm³/mol. The number of fused-ring (bicyclic) bond motifs is 1. The van der Waals surface area contributed by atoms with Crippen LogP contribution in [0.15, 0.2) is 53.3 Å². The molecule has 27 heavy (non-hydrogen) atoms. The number of Topliss-reactive ketones (excluding diaryl/α,β-unsaturated/α-hetero) is 1. The van der Waals surface area contributed by atoms with Crippen LogP contribution in [0.3, 0.4) is 0 Å². The molecule has 0 aliphatic rings. The van der Waals surface area contributed by atoms with Crippen molar-refractivity contribution in [1.29, 1.82) is 0 Å². The Labute approximate surface area is 160 Å². The number of aromatic nitrogens is 2. The fraction of sp³-hybridized carbons (Fsp3) is 0.200. The van der Waals surface area contributed by atoms with E-state index in [1.165, 1.54) is 0 Å². The number of hydrogen-bond acceptors (Lipinski definition) is 5. The lowest BCUT2D eigenvalue weighted by Gasteiger charge is -2.13. The van der Waals surface area contributed by atoms with Crippen molar-refractivity contribution in [2.24, 2.45) is 0 Å². The average Bonchev–Trinajstić information content (AvgIpc) is 2.66. The minimum atomic E-state index is -0.736. The minimum Gasteiger partial charge on any atom is -0.454 e. The van der Waals surface area contributed by atoms with E-state index >= 15 is 0 Å².